The lowest BCUT2D eigenvalue weighted by Crippen LogP contribution is -1.95. The molecule has 1 heterocycles. The third-order valence-corrected chi connectivity index (χ3v) is 1.10. The van der Waals surface area contributed by atoms with E-state index in [1.165, 1.54) is 12.1 Å². The zero-order valence-corrected chi connectivity index (χ0v) is 4.25. The van der Waals surface area contributed by atoms with Crippen molar-refractivity contribution in [1.29, 1.82) is 0 Å². The number of rotatable bonds is 0. The second-order valence-electron chi connectivity index (χ2n) is 1.01. The van der Waals surface area contributed by atoms with Gasteiger partial charge in [0.1, 0.15) is 0 Å². The van der Waals surface area contributed by atoms with E-state index >= 15 is 0 Å². The van der Waals surface area contributed by atoms with Crippen LogP contribution in [0.15, 0.2) is 6.20 Å². The first-order valence-corrected chi connectivity index (χ1v) is 2.40. The highest BCUT2D eigenvalue weighted by atomic mass is 32.2. The highest BCUT2D eigenvalue weighted by Crippen LogP contribution is 2.05. The molecule has 0 aromatic heterocycles. The SMILES string of the molecule is CN1C=[C]NS1. The second kappa shape index (κ2) is 1.43. The molecule has 1 rings (SSSR count). The van der Waals surface area contributed by atoms with E-state index in [2.05, 4.69) is 10.9 Å². The van der Waals surface area contributed by atoms with E-state index in [9.17, 15) is 0 Å². The summed E-state index contributed by atoms with van der Waals surface area (Å²) >= 11 is 1.51. The van der Waals surface area contributed by atoms with E-state index in [1.807, 2.05) is 17.6 Å². The maximum atomic E-state index is 2.81. The Hall–Kier alpha value is -0.310. The molecule has 0 fully saturated rings. The van der Waals surface area contributed by atoms with Gasteiger partial charge in [-0.25, -0.2) is 0 Å². The average Bonchev–Trinajstić information content (AvgIpc) is 1.86. The summed E-state index contributed by atoms with van der Waals surface area (Å²) in [6.45, 7) is 0. The fourth-order valence-corrected chi connectivity index (χ4v) is 0.597. The molecule has 0 saturated heterocycles. The summed E-state index contributed by atoms with van der Waals surface area (Å²) in [5.74, 6) is 0. The van der Waals surface area contributed by atoms with Crippen LogP contribution in [-0.4, -0.2) is 11.4 Å². The van der Waals surface area contributed by atoms with Gasteiger partial charge in [0.15, 0.2) is 0 Å². The van der Waals surface area contributed by atoms with Crippen LogP contribution in [0.3, 0.4) is 0 Å². The molecule has 0 unspecified atom stereocenters. The maximum Gasteiger partial charge on any atom is 0.0884 e. The van der Waals surface area contributed by atoms with Crippen LogP contribution in [0.1, 0.15) is 0 Å². The van der Waals surface area contributed by atoms with Crippen LogP contribution in [-0.2, 0) is 0 Å². The van der Waals surface area contributed by atoms with Crippen LogP contribution in [0.4, 0.5) is 0 Å². The Morgan fingerprint density at radius 2 is 2.83 bits per heavy atom. The number of nitrogens with one attached hydrogen (secondary N) is 1. The third-order valence-electron chi connectivity index (χ3n) is 0.495. The number of nitrogens with zero attached hydrogens (tertiary/aromatic N) is 1. The van der Waals surface area contributed by atoms with Gasteiger partial charge in [0.25, 0.3) is 0 Å². The molecule has 0 saturated carbocycles. The monoisotopic (exact) mass is 101 g/mol. The summed E-state index contributed by atoms with van der Waals surface area (Å²) in [6.07, 6.45) is 4.62. The fraction of sp³-hybridized carbons (Fsp3) is 0.333. The minimum absolute atomic E-state index is 1.51. The van der Waals surface area contributed by atoms with E-state index in [0.717, 1.165) is 0 Å². The lowest BCUT2D eigenvalue weighted by atomic mass is 10.9. The highest BCUT2D eigenvalue weighted by molar-refractivity contribution is 7.95. The second-order valence-corrected chi connectivity index (χ2v) is 1.98. The van der Waals surface area contributed by atoms with E-state index < -0.39 is 0 Å². The van der Waals surface area contributed by atoms with Gasteiger partial charge in [0.2, 0.25) is 0 Å². The summed E-state index contributed by atoms with van der Waals surface area (Å²) in [6, 6.07) is 0. The Kier molecular flexibility index (Phi) is 0.919. The summed E-state index contributed by atoms with van der Waals surface area (Å²) in [4.78, 5) is 0. The van der Waals surface area contributed by atoms with E-state index in [0.29, 0.717) is 0 Å². The molecule has 0 atom stereocenters. The Balaban J connectivity index is 2.38. The van der Waals surface area contributed by atoms with Crippen LogP contribution in [0.2, 0.25) is 0 Å². The molecule has 1 aliphatic rings. The topological polar surface area (TPSA) is 15.3 Å². The molecule has 0 aromatic carbocycles. The standard InChI is InChI=1S/C3H5N2S/c1-5-3-2-4-6-5/h3-4H,1H3. The Morgan fingerprint density at radius 1 is 2.00 bits per heavy atom. The zero-order chi connectivity index (χ0) is 4.41. The molecular formula is C3H5N2S. The predicted molar refractivity (Wildman–Crippen MR) is 26.3 cm³/mol. The van der Waals surface area contributed by atoms with Crippen molar-refractivity contribution in [3.05, 3.63) is 12.4 Å². The summed E-state index contributed by atoms with van der Waals surface area (Å²) < 4.78 is 4.74. The van der Waals surface area contributed by atoms with Gasteiger partial charge < -0.3 is 9.03 Å². The van der Waals surface area contributed by atoms with Crippen molar-refractivity contribution in [2.45, 2.75) is 0 Å². The summed E-state index contributed by atoms with van der Waals surface area (Å²) in [5.41, 5.74) is 0. The Labute approximate surface area is 41.5 Å². The molecule has 0 aromatic rings. The lowest BCUT2D eigenvalue weighted by Gasteiger charge is -1.99. The van der Waals surface area contributed by atoms with Gasteiger partial charge in [-0.15, -0.1) is 0 Å². The fourth-order valence-electron chi connectivity index (χ4n) is 0.242. The molecule has 6 heavy (non-hydrogen) atoms. The van der Waals surface area contributed by atoms with Gasteiger partial charge in [-0.1, -0.05) is 0 Å². The zero-order valence-electron chi connectivity index (χ0n) is 3.43. The first kappa shape index (κ1) is 3.87. The van der Waals surface area contributed by atoms with E-state index in [1.54, 1.807) is 0 Å². The van der Waals surface area contributed by atoms with Crippen LogP contribution < -0.4 is 4.72 Å². The van der Waals surface area contributed by atoms with Crippen LogP contribution in [0.5, 0.6) is 0 Å². The van der Waals surface area contributed by atoms with Crippen molar-refractivity contribution < 1.29 is 0 Å². The van der Waals surface area contributed by atoms with Crippen molar-refractivity contribution in [2.24, 2.45) is 0 Å². The van der Waals surface area contributed by atoms with E-state index in [4.69, 9.17) is 0 Å². The lowest BCUT2D eigenvalue weighted by molar-refractivity contribution is 0.787. The highest BCUT2D eigenvalue weighted by Gasteiger charge is 1.93. The molecule has 1 N–H and O–H groups in total. The van der Waals surface area contributed by atoms with Gasteiger partial charge in [-0.2, -0.15) is 0 Å². The van der Waals surface area contributed by atoms with Gasteiger partial charge >= 0.3 is 0 Å². The van der Waals surface area contributed by atoms with Crippen LogP contribution in [0.25, 0.3) is 0 Å². The van der Waals surface area contributed by atoms with Crippen LogP contribution in [0, 0.1) is 6.20 Å². The predicted octanol–water partition coefficient (Wildman–Crippen LogP) is 0.359. The maximum absolute atomic E-state index is 2.81. The largest absolute Gasteiger partial charge is 0.309 e. The van der Waals surface area contributed by atoms with Gasteiger partial charge in [0, 0.05) is 13.2 Å². The normalized spacial score (nSPS) is 18.5. The molecular weight excluding hydrogens is 96.1 g/mol. The van der Waals surface area contributed by atoms with Gasteiger partial charge in [0.05, 0.1) is 18.3 Å². The molecule has 0 aliphatic carbocycles. The minimum Gasteiger partial charge on any atom is -0.309 e. The van der Waals surface area contributed by atoms with Crippen LogP contribution >= 0.6 is 12.1 Å². The van der Waals surface area contributed by atoms with Gasteiger partial charge in [-0.05, 0) is 0 Å². The first-order chi connectivity index (χ1) is 2.89. The molecule has 0 amide bonds. The molecule has 33 valence electrons. The van der Waals surface area contributed by atoms with Crippen molar-refractivity contribution in [3.8, 4) is 0 Å². The molecule has 0 bridgehead atoms. The third kappa shape index (κ3) is 0.597. The molecule has 0 spiro atoms. The van der Waals surface area contributed by atoms with Gasteiger partial charge in [-0.3, -0.25) is 0 Å². The number of hydrogen-bond acceptors (Lipinski definition) is 3. The summed E-state index contributed by atoms with van der Waals surface area (Å²) in [5, 5.41) is 0. The number of hydrogen-bond donors (Lipinski definition) is 1. The van der Waals surface area contributed by atoms with Crippen molar-refractivity contribution in [1.82, 2.24) is 9.03 Å². The first-order valence-electron chi connectivity index (χ1n) is 1.63. The average molecular weight is 101 g/mol. The van der Waals surface area contributed by atoms with Crippen molar-refractivity contribution >= 4 is 12.1 Å². The Morgan fingerprint density at radius 3 is 3.00 bits per heavy atom. The van der Waals surface area contributed by atoms with Crippen molar-refractivity contribution in [3.63, 3.8) is 0 Å². The smallest absolute Gasteiger partial charge is 0.0884 e. The molecule has 1 radical (unpaired) electrons. The molecule has 3 heteroatoms. The molecule has 2 nitrogen and oxygen atoms in total. The van der Waals surface area contributed by atoms with E-state index in [-0.39, 0.29) is 0 Å². The molecule has 1 aliphatic heterocycles. The Bertz CT molecular complexity index is 71.2. The van der Waals surface area contributed by atoms with Crippen molar-refractivity contribution in [2.75, 3.05) is 7.05 Å². The minimum atomic E-state index is 1.51. The summed E-state index contributed by atoms with van der Waals surface area (Å²) in [7, 11) is 1.96. The quantitative estimate of drug-likeness (QED) is 0.443.